The highest BCUT2D eigenvalue weighted by molar-refractivity contribution is 6.47. The summed E-state index contributed by atoms with van der Waals surface area (Å²) in [6.45, 7) is 0. The van der Waals surface area contributed by atoms with Crippen molar-refractivity contribution in [1.82, 2.24) is 0 Å². The van der Waals surface area contributed by atoms with Crippen molar-refractivity contribution in [3.05, 3.63) is 95.0 Å². The second-order valence-electron chi connectivity index (χ2n) is 8.80. The molecule has 0 N–H and O–H groups in total. The second-order valence-corrected chi connectivity index (χ2v) is 9.59. The van der Waals surface area contributed by atoms with E-state index in [0.717, 1.165) is 10.8 Å². The molecule has 8 aromatic rings. The number of halogens is 2. The molecule has 0 spiro atoms. The molecule has 0 atom stereocenters. The van der Waals surface area contributed by atoms with Crippen LogP contribution in [0.4, 0.5) is 0 Å². The molecule has 8 rings (SSSR count). The molecule has 0 saturated heterocycles. The van der Waals surface area contributed by atoms with Gasteiger partial charge in [-0.25, -0.2) is 0 Å². The molecule has 0 amide bonds. The van der Waals surface area contributed by atoms with E-state index in [2.05, 4.69) is 78.9 Å². The van der Waals surface area contributed by atoms with Gasteiger partial charge in [0.05, 0.1) is 10.0 Å². The zero-order chi connectivity index (χ0) is 21.1. The third-order valence-electron chi connectivity index (χ3n) is 7.21. The molecule has 0 saturated carbocycles. The van der Waals surface area contributed by atoms with E-state index in [1.165, 1.54) is 64.6 Å². The van der Waals surface area contributed by atoms with Gasteiger partial charge in [0.2, 0.25) is 0 Å². The molecule has 0 aliphatic carbocycles. The summed E-state index contributed by atoms with van der Waals surface area (Å²) in [6, 6.07) is 30.9. The Labute approximate surface area is 193 Å². The minimum atomic E-state index is 0.593. The maximum atomic E-state index is 6.64. The average Bonchev–Trinajstić information content (AvgIpc) is 2.83. The Hall–Kier alpha value is -3.32. The zero-order valence-corrected chi connectivity index (χ0v) is 18.4. The van der Waals surface area contributed by atoms with Crippen molar-refractivity contribution in [3.63, 3.8) is 0 Å². The van der Waals surface area contributed by atoms with Crippen molar-refractivity contribution < 1.29 is 0 Å². The van der Waals surface area contributed by atoms with Crippen molar-refractivity contribution >= 4 is 98.6 Å². The van der Waals surface area contributed by atoms with Crippen LogP contribution in [0, 0.1) is 0 Å². The number of hydrogen-bond donors (Lipinski definition) is 0. The molecule has 0 radical (unpaired) electrons. The van der Waals surface area contributed by atoms with Gasteiger partial charge in [-0.3, -0.25) is 0 Å². The lowest BCUT2D eigenvalue weighted by Crippen LogP contribution is -1.91. The third kappa shape index (κ3) is 1.96. The molecule has 2 heteroatoms. The Morgan fingerprint density at radius 1 is 0.375 bits per heavy atom. The van der Waals surface area contributed by atoms with Crippen LogP contribution in [0.3, 0.4) is 0 Å². The molecule has 0 bridgehead atoms. The van der Waals surface area contributed by atoms with E-state index in [1.54, 1.807) is 0 Å². The Bertz CT molecular complexity index is 2050. The van der Waals surface area contributed by atoms with Gasteiger partial charge < -0.3 is 0 Å². The molecule has 8 aromatic carbocycles. The highest BCUT2D eigenvalue weighted by Gasteiger charge is 2.19. The lowest BCUT2D eigenvalue weighted by atomic mass is 9.84. The lowest BCUT2D eigenvalue weighted by Gasteiger charge is -2.19. The van der Waals surface area contributed by atoms with Gasteiger partial charge in [-0.05, 0) is 100 Å². The zero-order valence-electron chi connectivity index (χ0n) is 16.8. The predicted molar refractivity (Wildman–Crippen MR) is 141 cm³/mol. The van der Waals surface area contributed by atoms with Crippen LogP contribution >= 0.6 is 23.2 Å². The molecule has 0 fully saturated rings. The van der Waals surface area contributed by atoms with E-state index in [4.69, 9.17) is 23.2 Å². The molecule has 0 unspecified atom stereocenters. The molecular weight excluding hydrogens is 431 g/mol. The minimum absolute atomic E-state index is 0.593. The van der Waals surface area contributed by atoms with Crippen LogP contribution in [-0.2, 0) is 0 Å². The summed E-state index contributed by atoms with van der Waals surface area (Å²) < 4.78 is 0. The second kappa shape index (κ2) is 5.72. The highest BCUT2D eigenvalue weighted by Crippen LogP contribution is 2.47. The van der Waals surface area contributed by atoms with Crippen LogP contribution in [0.25, 0.3) is 75.4 Å². The number of rotatable bonds is 0. The Balaban J connectivity index is 1.73. The standard InChI is InChI=1S/C30H14Cl2/c31-25-10-9-21-23-13-19-7-5-16-11-15-3-1-2-4-20(15)22-12-18-8-6-17(14-24(21)30(25)32)27(23)29(18)28(19)26(16)22/h1-14H. The molecule has 0 aliphatic heterocycles. The van der Waals surface area contributed by atoms with Gasteiger partial charge in [-0.1, -0.05) is 77.8 Å². The van der Waals surface area contributed by atoms with Gasteiger partial charge in [-0.15, -0.1) is 0 Å². The van der Waals surface area contributed by atoms with E-state index in [-0.39, 0.29) is 0 Å². The van der Waals surface area contributed by atoms with E-state index in [1.807, 2.05) is 6.07 Å². The average molecular weight is 445 g/mol. The fourth-order valence-electron chi connectivity index (χ4n) is 5.88. The van der Waals surface area contributed by atoms with Crippen LogP contribution in [0.1, 0.15) is 0 Å². The Morgan fingerprint density at radius 2 is 0.938 bits per heavy atom. The van der Waals surface area contributed by atoms with Crippen molar-refractivity contribution in [2.75, 3.05) is 0 Å². The largest absolute Gasteiger partial charge is 0.0827 e. The third-order valence-corrected chi connectivity index (χ3v) is 8.03. The molecule has 148 valence electrons. The number of benzene rings is 8. The lowest BCUT2D eigenvalue weighted by molar-refractivity contribution is 1.79. The fraction of sp³-hybridized carbons (Fsp3) is 0. The summed E-state index contributed by atoms with van der Waals surface area (Å²) in [5.74, 6) is 0. The predicted octanol–water partition coefficient (Wildman–Crippen LogP) is 9.94. The van der Waals surface area contributed by atoms with Crippen LogP contribution < -0.4 is 0 Å². The normalized spacial score (nSPS) is 12.7. The summed E-state index contributed by atoms with van der Waals surface area (Å²) in [5, 5.41) is 18.9. The van der Waals surface area contributed by atoms with Crippen LogP contribution in [0.2, 0.25) is 10.0 Å². The maximum absolute atomic E-state index is 6.64. The summed E-state index contributed by atoms with van der Waals surface area (Å²) in [5.41, 5.74) is 0. The van der Waals surface area contributed by atoms with E-state index in [0.29, 0.717) is 10.0 Å². The monoisotopic (exact) mass is 444 g/mol. The summed E-state index contributed by atoms with van der Waals surface area (Å²) >= 11 is 13.0. The van der Waals surface area contributed by atoms with Gasteiger partial charge in [0.15, 0.2) is 0 Å². The topological polar surface area (TPSA) is 0 Å². The summed E-state index contributed by atoms with van der Waals surface area (Å²) in [6.07, 6.45) is 0. The maximum Gasteiger partial charge on any atom is 0.0671 e. The summed E-state index contributed by atoms with van der Waals surface area (Å²) in [7, 11) is 0. The SMILES string of the molecule is Clc1ccc2c(cc3ccc4cc5c6ccccc6cc6ccc7cc2c3c4c7c65)c1Cl. The quantitative estimate of drug-likeness (QED) is 0.161. The van der Waals surface area contributed by atoms with Crippen molar-refractivity contribution in [2.45, 2.75) is 0 Å². The van der Waals surface area contributed by atoms with Gasteiger partial charge in [-0.2, -0.15) is 0 Å². The molecule has 0 aliphatic rings. The van der Waals surface area contributed by atoms with Gasteiger partial charge in [0.25, 0.3) is 0 Å². The van der Waals surface area contributed by atoms with Gasteiger partial charge in [0, 0.05) is 5.39 Å². The Kier molecular flexibility index (Phi) is 3.09. The van der Waals surface area contributed by atoms with E-state index >= 15 is 0 Å². The van der Waals surface area contributed by atoms with Crippen LogP contribution in [-0.4, -0.2) is 0 Å². The highest BCUT2D eigenvalue weighted by atomic mass is 35.5. The first-order valence-corrected chi connectivity index (χ1v) is 11.5. The molecule has 32 heavy (non-hydrogen) atoms. The molecular formula is C30H14Cl2. The van der Waals surface area contributed by atoms with Gasteiger partial charge >= 0.3 is 0 Å². The number of hydrogen-bond acceptors (Lipinski definition) is 0. The van der Waals surface area contributed by atoms with Crippen molar-refractivity contribution in [1.29, 1.82) is 0 Å². The first kappa shape index (κ1) is 17.3. The van der Waals surface area contributed by atoms with Crippen LogP contribution in [0.15, 0.2) is 84.9 Å². The summed E-state index contributed by atoms with van der Waals surface area (Å²) in [4.78, 5) is 0. The van der Waals surface area contributed by atoms with Crippen molar-refractivity contribution in [2.24, 2.45) is 0 Å². The van der Waals surface area contributed by atoms with Crippen LogP contribution in [0.5, 0.6) is 0 Å². The number of fused-ring (bicyclic) bond motifs is 4. The fourth-order valence-corrected chi connectivity index (χ4v) is 6.27. The first-order chi connectivity index (χ1) is 15.7. The van der Waals surface area contributed by atoms with Gasteiger partial charge in [0.1, 0.15) is 0 Å². The Morgan fingerprint density at radius 3 is 1.66 bits per heavy atom. The first-order valence-electron chi connectivity index (χ1n) is 10.7. The molecule has 0 nitrogen and oxygen atoms in total. The van der Waals surface area contributed by atoms with Crippen molar-refractivity contribution in [3.8, 4) is 0 Å². The van der Waals surface area contributed by atoms with E-state index in [9.17, 15) is 0 Å². The molecule has 0 heterocycles. The molecule has 0 aromatic heterocycles. The minimum Gasteiger partial charge on any atom is -0.0827 e. The van der Waals surface area contributed by atoms with E-state index < -0.39 is 0 Å². The smallest absolute Gasteiger partial charge is 0.0671 e.